The molecule has 3 nitrogen and oxygen atoms in total. The third kappa shape index (κ3) is 3.11. The van der Waals surface area contributed by atoms with Gasteiger partial charge in [0.05, 0.1) is 0 Å². The van der Waals surface area contributed by atoms with Crippen LogP contribution in [0.25, 0.3) is 0 Å². The lowest BCUT2D eigenvalue weighted by Gasteiger charge is -2.25. The number of carbonyl (C=O) groups is 1. The fourth-order valence-electron chi connectivity index (χ4n) is 2.61. The molecule has 0 unspecified atom stereocenters. The molecule has 1 N–H and O–H groups in total. The van der Waals surface area contributed by atoms with E-state index in [-0.39, 0.29) is 5.91 Å². The highest BCUT2D eigenvalue weighted by atomic mass is 19.1. The van der Waals surface area contributed by atoms with Crippen LogP contribution in [-0.2, 0) is 13.0 Å². The molecule has 2 aromatic carbocycles. The number of carbonyl (C=O) groups excluding carboxylic acids is 1. The highest BCUT2D eigenvalue weighted by molar-refractivity contribution is 6.04. The molecular formula is C17H17FN2O. The number of nitrogens with one attached hydrogen (secondary N) is 1. The minimum Gasteiger partial charge on any atom is -0.322 e. The summed E-state index contributed by atoms with van der Waals surface area (Å²) in [6, 6.07) is 11.7. The summed E-state index contributed by atoms with van der Waals surface area (Å²) >= 11 is 0. The third-order valence-electron chi connectivity index (χ3n) is 3.75. The SMILES string of the molecule is CN1CCc2ccc(NC(=O)c3cccc(F)c3)cc2C1. The second-order valence-corrected chi connectivity index (χ2v) is 5.44. The van der Waals surface area contributed by atoms with Gasteiger partial charge in [0.2, 0.25) is 0 Å². The molecule has 0 radical (unpaired) electrons. The van der Waals surface area contributed by atoms with Crippen LogP contribution in [0.15, 0.2) is 42.5 Å². The summed E-state index contributed by atoms with van der Waals surface area (Å²) in [5, 5.41) is 2.83. The molecule has 3 rings (SSSR count). The predicted molar refractivity (Wildman–Crippen MR) is 80.8 cm³/mol. The van der Waals surface area contributed by atoms with Crippen LogP contribution in [0.3, 0.4) is 0 Å². The maximum absolute atomic E-state index is 13.1. The van der Waals surface area contributed by atoms with Gasteiger partial charge in [0, 0.05) is 24.3 Å². The van der Waals surface area contributed by atoms with Crippen molar-refractivity contribution in [3.63, 3.8) is 0 Å². The van der Waals surface area contributed by atoms with Gasteiger partial charge >= 0.3 is 0 Å². The van der Waals surface area contributed by atoms with Crippen molar-refractivity contribution in [2.24, 2.45) is 0 Å². The number of hydrogen-bond donors (Lipinski definition) is 1. The minimum atomic E-state index is -0.408. The first-order valence-electron chi connectivity index (χ1n) is 6.99. The van der Waals surface area contributed by atoms with E-state index in [1.165, 1.54) is 29.3 Å². The van der Waals surface area contributed by atoms with Crippen molar-refractivity contribution in [3.8, 4) is 0 Å². The van der Waals surface area contributed by atoms with E-state index in [4.69, 9.17) is 0 Å². The summed E-state index contributed by atoms with van der Waals surface area (Å²) in [4.78, 5) is 14.4. The molecule has 0 aromatic heterocycles. The molecule has 1 amide bonds. The average molecular weight is 284 g/mol. The maximum Gasteiger partial charge on any atom is 0.255 e. The van der Waals surface area contributed by atoms with Gasteiger partial charge in [0.1, 0.15) is 5.82 Å². The van der Waals surface area contributed by atoms with Crippen LogP contribution in [-0.4, -0.2) is 24.4 Å². The topological polar surface area (TPSA) is 32.3 Å². The molecule has 0 bridgehead atoms. The summed E-state index contributed by atoms with van der Waals surface area (Å²) < 4.78 is 13.1. The van der Waals surface area contributed by atoms with Crippen molar-refractivity contribution in [3.05, 3.63) is 65.0 Å². The standard InChI is InChI=1S/C17H17FN2O/c1-20-8-7-12-5-6-16(10-14(12)11-20)19-17(21)13-3-2-4-15(18)9-13/h2-6,9-10H,7-8,11H2,1H3,(H,19,21). The number of anilines is 1. The lowest BCUT2D eigenvalue weighted by molar-refractivity contribution is 0.102. The molecule has 0 spiro atoms. The van der Waals surface area contributed by atoms with E-state index in [2.05, 4.69) is 23.3 Å². The summed E-state index contributed by atoms with van der Waals surface area (Å²) in [6.45, 7) is 1.95. The van der Waals surface area contributed by atoms with E-state index in [1.54, 1.807) is 6.07 Å². The Hall–Kier alpha value is -2.20. The molecule has 0 aliphatic carbocycles. The van der Waals surface area contributed by atoms with Gasteiger partial charge in [-0.05, 0) is 54.9 Å². The van der Waals surface area contributed by atoms with Gasteiger partial charge in [0.25, 0.3) is 5.91 Å². The van der Waals surface area contributed by atoms with Gasteiger partial charge in [-0.15, -0.1) is 0 Å². The van der Waals surface area contributed by atoms with E-state index < -0.39 is 5.82 Å². The van der Waals surface area contributed by atoms with Crippen LogP contribution >= 0.6 is 0 Å². The van der Waals surface area contributed by atoms with Gasteiger partial charge in [-0.25, -0.2) is 4.39 Å². The van der Waals surface area contributed by atoms with Crippen molar-refractivity contribution < 1.29 is 9.18 Å². The van der Waals surface area contributed by atoms with Crippen molar-refractivity contribution >= 4 is 11.6 Å². The second kappa shape index (κ2) is 5.66. The highest BCUT2D eigenvalue weighted by Crippen LogP contribution is 2.22. The summed E-state index contributed by atoms with van der Waals surface area (Å²) in [6.07, 6.45) is 1.03. The zero-order valence-corrected chi connectivity index (χ0v) is 11.9. The van der Waals surface area contributed by atoms with Crippen molar-refractivity contribution in [1.29, 1.82) is 0 Å². The van der Waals surface area contributed by atoms with E-state index in [1.807, 2.05) is 12.1 Å². The normalized spacial score (nSPS) is 14.6. The number of hydrogen-bond acceptors (Lipinski definition) is 2. The number of halogens is 1. The van der Waals surface area contributed by atoms with Crippen molar-refractivity contribution in [2.75, 3.05) is 18.9 Å². The molecule has 108 valence electrons. The molecule has 4 heteroatoms. The summed E-state index contributed by atoms with van der Waals surface area (Å²) in [7, 11) is 2.08. The Bertz CT molecular complexity index is 684. The van der Waals surface area contributed by atoms with E-state index in [0.717, 1.165) is 25.2 Å². The zero-order chi connectivity index (χ0) is 14.8. The van der Waals surface area contributed by atoms with Crippen LogP contribution in [0.5, 0.6) is 0 Å². The smallest absolute Gasteiger partial charge is 0.255 e. The molecule has 0 fully saturated rings. The van der Waals surface area contributed by atoms with Gasteiger partial charge in [0.15, 0.2) is 0 Å². The minimum absolute atomic E-state index is 0.293. The van der Waals surface area contributed by atoms with Crippen molar-refractivity contribution in [2.45, 2.75) is 13.0 Å². The maximum atomic E-state index is 13.1. The average Bonchev–Trinajstić information content (AvgIpc) is 2.46. The highest BCUT2D eigenvalue weighted by Gasteiger charge is 2.14. The fourth-order valence-corrected chi connectivity index (χ4v) is 2.61. The lowest BCUT2D eigenvalue weighted by atomic mass is 9.99. The predicted octanol–water partition coefficient (Wildman–Crippen LogP) is 3.07. The Morgan fingerprint density at radius 3 is 2.86 bits per heavy atom. The third-order valence-corrected chi connectivity index (χ3v) is 3.75. The molecule has 1 heterocycles. The van der Waals surface area contributed by atoms with Crippen LogP contribution in [0.4, 0.5) is 10.1 Å². The first-order valence-corrected chi connectivity index (χ1v) is 6.99. The van der Waals surface area contributed by atoms with Crippen LogP contribution in [0.1, 0.15) is 21.5 Å². The quantitative estimate of drug-likeness (QED) is 0.919. The molecule has 0 saturated carbocycles. The van der Waals surface area contributed by atoms with Gasteiger partial charge in [-0.3, -0.25) is 4.79 Å². The molecule has 0 atom stereocenters. The Morgan fingerprint density at radius 2 is 2.05 bits per heavy atom. The molecule has 21 heavy (non-hydrogen) atoms. The lowest BCUT2D eigenvalue weighted by Crippen LogP contribution is -2.26. The summed E-state index contributed by atoms with van der Waals surface area (Å²) in [5.74, 6) is -0.701. The Morgan fingerprint density at radius 1 is 1.19 bits per heavy atom. The van der Waals surface area contributed by atoms with Crippen LogP contribution in [0, 0.1) is 5.82 Å². The van der Waals surface area contributed by atoms with E-state index in [0.29, 0.717) is 5.56 Å². The fraction of sp³-hybridized carbons (Fsp3) is 0.235. The first-order chi connectivity index (χ1) is 10.1. The van der Waals surface area contributed by atoms with E-state index >= 15 is 0 Å². The number of benzene rings is 2. The number of fused-ring (bicyclic) bond motifs is 1. The van der Waals surface area contributed by atoms with E-state index in [9.17, 15) is 9.18 Å². The first kappa shape index (κ1) is 13.8. The van der Waals surface area contributed by atoms with Gasteiger partial charge in [-0.1, -0.05) is 12.1 Å². The number of amides is 1. The second-order valence-electron chi connectivity index (χ2n) is 5.44. The molecule has 1 aliphatic rings. The number of likely N-dealkylation sites (N-methyl/N-ethyl adjacent to an activating group) is 1. The van der Waals surface area contributed by atoms with Crippen molar-refractivity contribution in [1.82, 2.24) is 4.90 Å². The largest absolute Gasteiger partial charge is 0.322 e. The summed E-state index contributed by atoms with van der Waals surface area (Å²) in [5.41, 5.74) is 3.64. The van der Waals surface area contributed by atoms with Gasteiger partial charge in [-0.2, -0.15) is 0 Å². The monoisotopic (exact) mass is 284 g/mol. The number of rotatable bonds is 2. The Balaban J connectivity index is 1.79. The number of nitrogens with zero attached hydrogens (tertiary/aromatic N) is 1. The molecule has 0 saturated heterocycles. The Kier molecular flexibility index (Phi) is 3.71. The zero-order valence-electron chi connectivity index (χ0n) is 11.9. The van der Waals surface area contributed by atoms with Gasteiger partial charge < -0.3 is 10.2 Å². The molecule has 1 aliphatic heterocycles. The van der Waals surface area contributed by atoms with Crippen LogP contribution < -0.4 is 5.32 Å². The molecule has 2 aromatic rings. The molecular weight excluding hydrogens is 267 g/mol. The van der Waals surface area contributed by atoms with Crippen LogP contribution in [0.2, 0.25) is 0 Å². The Labute approximate surface area is 123 Å².